The number of methoxy groups -OCH3 is 1. The maximum Gasteiger partial charge on any atom is 0.340 e. The van der Waals surface area contributed by atoms with E-state index in [0.717, 1.165) is 26.0 Å². The van der Waals surface area contributed by atoms with Crippen LogP contribution < -0.4 is 16.4 Å². The highest BCUT2D eigenvalue weighted by Gasteiger charge is 2.13. The first-order valence-electron chi connectivity index (χ1n) is 7.15. The first-order valence-corrected chi connectivity index (χ1v) is 7.15. The Labute approximate surface area is 133 Å². The Bertz CT molecular complexity index is 578. The molecular formula is C15H20FN3O4. The number of unbranched alkanes of at least 4 members (excludes halogenated alkanes) is 2. The molecule has 0 aliphatic rings. The molecular weight excluding hydrogens is 305 g/mol. The Morgan fingerprint density at radius 3 is 2.61 bits per heavy atom. The minimum absolute atomic E-state index is 0.233. The molecule has 4 N–H and O–H groups in total. The van der Waals surface area contributed by atoms with E-state index in [9.17, 15) is 18.8 Å². The molecule has 0 spiro atoms. The number of amides is 3. The predicted octanol–water partition coefficient (Wildman–Crippen LogP) is 1.78. The summed E-state index contributed by atoms with van der Waals surface area (Å²) in [6.45, 7) is 0.470. The van der Waals surface area contributed by atoms with E-state index in [-0.39, 0.29) is 17.9 Å². The van der Waals surface area contributed by atoms with Crippen molar-refractivity contribution in [2.45, 2.75) is 25.7 Å². The fraction of sp³-hybridized carbons (Fsp3) is 0.400. The van der Waals surface area contributed by atoms with E-state index in [4.69, 9.17) is 5.73 Å². The number of carbonyl (C=O) groups excluding carboxylic acids is 3. The van der Waals surface area contributed by atoms with Gasteiger partial charge in [0.05, 0.1) is 12.7 Å². The average molecular weight is 325 g/mol. The summed E-state index contributed by atoms with van der Waals surface area (Å²) in [6.07, 6.45) is 2.39. The minimum Gasteiger partial charge on any atom is -0.465 e. The Kier molecular flexibility index (Phi) is 7.52. The van der Waals surface area contributed by atoms with Crippen LogP contribution >= 0.6 is 0 Å². The van der Waals surface area contributed by atoms with Gasteiger partial charge in [-0.1, -0.05) is 6.42 Å². The summed E-state index contributed by atoms with van der Waals surface area (Å²) >= 11 is 0. The third-order valence-corrected chi connectivity index (χ3v) is 3.04. The molecule has 3 amide bonds. The van der Waals surface area contributed by atoms with E-state index in [1.807, 2.05) is 0 Å². The van der Waals surface area contributed by atoms with Crippen molar-refractivity contribution in [3.63, 3.8) is 0 Å². The number of hydrogen-bond acceptors (Lipinski definition) is 4. The van der Waals surface area contributed by atoms with E-state index < -0.39 is 17.8 Å². The van der Waals surface area contributed by atoms with Crippen LogP contribution in [0.15, 0.2) is 18.2 Å². The van der Waals surface area contributed by atoms with Crippen LogP contribution in [-0.4, -0.2) is 31.6 Å². The zero-order valence-corrected chi connectivity index (χ0v) is 12.9. The Balaban J connectivity index is 2.40. The van der Waals surface area contributed by atoms with Crippen molar-refractivity contribution in [2.24, 2.45) is 5.73 Å². The average Bonchev–Trinajstić information content (AvgIpc) is 2.51. The number of ether oxygens (including phenoxy) is 1. The lowest BCUT2D eigenvalue weighted by molar-refractivity contribution is -0.116. The molecule has 1 aromatic carbocycles. The molecule has 23 heavy (non-hydrogen) atoms. The topological polar surface area (TPSA) is 111 Å². The van der Waals surface area contributed by atoms with E-state index in [1.54, 1.807) is 0 Å². The smallest absolute Gasteiger partial charge is 0.340 e. The monoisotopic (exact) mass is 325 g/mol. The van der Waals surface area contributed by atoms with Gasteiger partial charge in [-0.25, -0.2) is 14.0 Å². The van der Waals surface area contributed by atoms with Crippen LogP contribution in [0.1, 0.15) is 36.0 Å². The number of esters is 1. The molecule has 0 heterocycles. The molecule has 0 unspecified atom stereocenters. The fourth-order valence-corrected chi connectivity index (χ4v) is 1.89. The zero-order valence-electron chi connectivity index (χ0n) is 12.9. The zero-order chi connectivity index (χ0) is 17.2. The van der Waals surface area contributed by atoms with Crippen LogP contribution in [0.25, 0.3) is 0 Å². The maximum atomic E-state index is 13.5. The molecule has 0 saturated carbocycles. The van der Waals surface area contributed by atoms with Crippen LogP contribution in [0.2, 0.25) is 0 Å². The van der Waals surface area contributed by atoms with Crippen molar-refractivity contribution in [1.82, 2.24) is 5.32 Å². The van der Waals surface area contributed by atoms with Crippen LogP contribution in [-0.2, 0) is 9.53 Å². The largest absolute Gasteiger partial charge is 0.465 e. The van der Waals surface area contributed by atoms with Crippen molar-refractivity contribution in [3.05, 3.63) is 29.6 Å². The first-order chi connectivity index (χ1) is 10.9. The van der Waals surface area contributed by atoms with Gasteiger partial charge >= 0.3 is 12.0 Å². The molecule has 1 aromatic rings. The summed E-state index contributed by atoms with van der Waals surface area (Å²) in [7, 11) is 1.15. The molecule has 0 aromatic heterocycles. The number of rotatable bonds is 8. The standard InChI is InChI=1S/C15H20FN3O4/c1-23-14(21)11-9-10(6-7-12(11)16)19-13(20)5-3-2-4-8-18-15(17)22/h6-7,9H,2-5,8H2,1H3,(H,19,20)(H3,17,18,22). The Morgan fingerprint density at radius 1 is 1.22 bits per heavy atom. The van der Waals surface area contributed by atoms with Gasteiger partial charge in [0, 0.05) is 18.7 Å². The normalized spacial score (nSPS) is 10.0. The van der Waals surface area contributed by atoms with E-state index in [0.29, 0.717) is 18.7 Å². The highest BCUT2D eigenvalue weighted by molar-refractivity contribution is 5.94. The Hall–Kier alpha value is -2.64. The van der Waals surface area contributed by atoms with Crippen molar-refractivity contribution in [3.8, 4) is 0 Å². The number of carbonyl (C=O) groups is 3. The number of nitrogens with one attached hydrogen (secondary N) is 2. The maximum absolute atomic E-state index is 13.5. The van der Waals surface area contributed by atoms with Crippen molar-refractivity contribution < 1.29 is 23.5 Å². The number of anilines is 1. The third-order valence-electron chi connectivity index (χ3n) is 3.04. The second-order valence-corrected chi connectivity index (χ2v) is 4.84. The van der Waals surface area contributed by atoms with Gasteiger partial charge in [-0.15, -0.1) is 0 Å². The highest BCUT2D eigenvalue weighted by atomic mass is 19.1. The van der Waals surface area contributed by atoms with Gasteiger partial charge in [-0.2, -0.15) is 0 Å². The summed E-state index contributed by atoms with van der Waals surface area (Å²) in [4.78, 5) is 33.6. The van der Waals surface area contributed by atoms with Crippen LogP contribution in [0.3, 0.4) is 0 Å². The SMILES string of the molecule is COC(=O)c1cc(NC(=O)CCCCCNC(N)=O)ccc1F. The van der Waals surface area contributed by atoms with E-state index >= 15 is 0 Å². The minimum atomic E-state index is -0.805. The summed E-state index contributed by atoms with van der Waals surface area (Å²) in [6, 6.07) is 3.13. The third kappa shape index (κ3) is 6.77. The van der Waals surface area contributed by atoms with E-state index in [1.165, 1.54) is 12.1 Å². The molecule has 1 rings (SSSR count). The van der Waals surface area contributed by atoms with Gasteiger partial charge in [0.1, 0.15) is 5.82 Å². The van der Waals surface area contributed by atoms with Gasteiger partial charge in [0.25, 0.3) is 0 Å². The lowest BCUT2D eigenvalue weighted by Gasteiger charge is -2.08. The van der Waals surface area contributed by atoms with Crippen LogP contribution in [0.5, 0.6) is 0 Å². The van der Waals surface area contributed by atoms with Gasteiger partial charge in [-0.05, 0) is 31.0 Å². The lowest BCUT2D eigenvalue weighted by atomic mass is 10.1. The fourth-order valence-electron chi connectivity index (χ4n) is 1.89. The van der Waals surface area contributed by atoms with Gasteiger partial charge in [0.2, 0.25) is 5.91 Å². The number of nitrogens with two attached hydrogens (primary N) is 1. The molecule has 0 saturated heterocycles. The summed E-state index contributed by atoms with van der Waals surface area (Å²) in [5, 5.41) is 5.05. The highest BCUT2D eigenvalue weighted by Crippen LogP contribution is 2.16. The number of urea groups is 1. The van der Waals surface area contributed by atoms with Crippen LogP contribution in [0.4, 0.5) is 14.9 Å². The second kappa shape index (κ2) is 9.39. The van der Waals surface area contributed by atoms with Crippen molar-refractivity contribution >= 4 is 23.6 Å². The second-order valence-electron chi connectivity index (χ2n) is 4.84. The van der Waals surface area contributed by atoms with Gasteiger partial charge < -0.3 is 21.1 Å². The van der Waals surface area contributed by atoms with E-state index in [2.05, 4.69) is 15.4 Å². The molecule has 0 atom stereocenters. The number of hydrogen-bond donors (Lipinski definition) is 3. The summed E-state index contributed by atoms with van der Waals surface area (Å²) in [5.74, 6) is -1.76. The quantitative estimate of drug-likeness (QED) is 0.500. The molecule has 7 nitrogen and oxygen atoms in total. The molecule has 0 radical (unpaired) electrons. The van der Waals surface area contributed by atoms with Crippen molar-refractivity contribution in [1.29, 1.82) is 0 Å². The molecule has 8 heteroatoms. The molecule has 0 aliphatic heterocycles. The van der Waals surface area contributed by atoms with Gasteiger partial charge in [0.15, 0.2) is 0 Å². The lowest BCUT2D eigenvalue weighted by Crippen LogP contribution is -2.29. The first kappa shape index (κ1) is 18.4. The van der Waals surface area contributed by atoms with Crippen molar-refractivity contribution in [2.75, 3.05) is 19.0 Å². The van der Waals surface area contributed by atoms with Crippen LogP contribution in [0, 0.1) is 5.82 Å². The molecule has 0 fully saturated rings. The predicted molar refractivity (Wildman–Crippen MR) is 82.4 cm³/mol. The van der Waals surface area contributed by atoms with Gasteiger partial charge in [-0.3, -0.25) is 4.79 Å². The summed E-state index contributed by atoms with van der Waals surface area (Å²) < 4.78 is 17.9. The number of primary amides is 1. The summed E-state index contributed by atoms with van der Waals surface area (Å²) in [5.41, 5.74) is 5.01. The molecule has 0 bridgehead atoms. The molecule has 126 valence electrons. The number of benzene rings is 1. The number of halogens is 1. The molecule has 0 aliphatic carbocycles. The Morgan fingerprint density at radius 2 is 1.96 bits per heavy atom.